The highest BCUT2D eigenvalue weighted by Gasteiger charge is 2.27. The maximum Gasteiger partial charge on any atom is 0.339 e. The van der Waals surface area contributed by atoms with E-state index in [1.807, 2.05) is 38.1 Å². The van der Waals surface area contributed by atoms with Crippen molar-refractivity contribution in [3.8, 4) is 5.75 Å². The van der Waals surface area contributed by atoms with E-state index in [0.29, 0.717) is 5.75 Å². The van der Waals surface area contributed by atoms with Gasteiger partial charge in [-0.2, -0.15) is 0 Å². The van der Waals surface area contributed by atoms with Gasteiger partial charge in [0.2, 0.25) is 0 Å². The fourth-order valence-corrected chi connectivity index (χ4v) is 1.95. The summed E-state index contributed by atoms with van der Waals surface area (Å²) in [6.07, 6.45) is 0. The van der Waals surface area contributed by atoms with Gasteiger partial charge in [-0.05, 0) is 24.3 Å². The molecule has 0 aliphatic carbocycles. The molecule has 0 saturated heterocycles. The minimum Gasteiger partial charge on any atom is -0.489 e. The molecule has 0 radical (unpaired) electrons. The molecule has 0 amide bonds. The maximum atomic E-state index is 11.4. The Kier molecular flexibility index (Phi) is 4.19. The Bertz CT molecular complexity index is 659. The van der Waals surface area contributed by atoms with Crippen molar-refractivity contribution in [1.29, 1.82) is 0 Å². The second kappa shape index (κ2) is 5.74. The standard InChI is InChI=1S/C17H20O4/c1-11(2)17(3,20)10-21-15-13-7-5-4-6-12(13)8-9-14(15)16(18)19/h4-9,11,20H,10H2,1-3H3,(H,18,19). The normalized spacial score (nSPS) is 14.1. The Labute approximate surface area is 124 Å². The summed E-state index contributed by atoms with van der Waals surface area (Å²) in [6, 6.07) is 10.7. The number of hydrogen-bond acceptors (Lipinski definition) is 3. The fourth-order valence-electron chi connectivity index (χ4n) is 1.95. The Morgan fingerprint density at radius 1 is 1.24 bits per heavy atom. The quantitative estimate of drug-likeness (QED) is 0.885. The number of carboxylic acids is 1. The second-order valence-electron chi connectivity index (χ2n) is 5.77. The summed E-state index contributed by atoms with van der Waals surface area (Å²) in [7, 11) is 0. The first-order chi connectivity index (χ1) is 9.83. The zero-order valence-electron chi connectivity index (χ0n) is 12.5. The van der Waals surface area contributed by atoms with Crippen molar-refractivity contribution in [2.75, 3.05) is 6.61 Å². The third-order valence-electron chi connectivity index (χ3n) is 3.86. The highest BCUT2D eigenvalue weighted by molar-refractivity contribution is 6.00. The van der Waals surface area contributed by atoms with E-state index in [9.17, 15) is 15.0 Å². The molecule has 2 aromatic carbocycles. The van der Waals surface area contributed by atoms with E-state index < -0.39 is 11.6 Å². The highest BCUT2D eigenvalue weighted by atomic mass is 16.5. The smallest absolute Gasteiger partial charge is 0.339 e. The number of aliphatic hydroxyl groups is 1. The average Bonchev–Trinajstić information content (AvgIpc) is 2.44. The van der Waals surface area contributed by atoms with Crippen LogP contribution in [0.3, 0.4) is 0 Å². The number of fused-ring (bicyclic) bond motifs is 1. The summed E-state index contributed by atoms with van der Waals surface area (Å²) >= 11 is 0. The molecule has 0 aliphatic rings. The van der Waals surface area contributed by atoms with Crippen LogP contribution in [-0.2, 0) is 0 Å². The van der Waals surface area contributed by atoms with E-state index in [1.54, 1.807) is 13.0 Å². The van der Waals surface area contributed by atoms with Gasteiger partial charge in [0, 0.05) is 5.39 Å². The van der Waals surface area contributed by atoms with Gasteiger partial charge in [-0.15, -0.1) is 0 Å². The van der Waals surface area contributed by atoms with Crippen molar-refractivity contribution in [3.63, 3.8) is 0 Å². The van der Waals surface area contributed by atoms with Crippen LogP contribution in [0.2, 0.25) is 0 Å². The molecule has 0 heterocycles. The molecule has 21 heavy (non-hydrogen) atoms. The highest BCUT2D eigenvalue weighted by Crippen LogP contribution is 2.31. The van der Waals surface area contributed by atoms with E-state index in [2.05, 4.69) is 0 Å². The molecule has 0 fully saturated rings. The van der Waals surface area contributed by atoms with Crippen LogP contribution in [-0.4, -0.2) is 28.4 Å². The van der Waals surface area contributed by atoms with Gasteiger partial charge in [0.25, 0.3) is 0 Å². The van der Waals surface area contributed by atoms with Gasteiger partial charge in [-0.1, -0.05) is 44.2 Å². The summed E-state index contributed by atoms with van der Waals surface area (Å²) in [5.41, 5.74) is -0.916. The van der Waals surface area contributed by atoms with Crippen LogP contribution in [0.25, 0.3) is 10.8 Å². The molecule has 0 aromatic heterocycles. The largest absolute Gasteiger partial charge is 0.489 e. The molecule has 2 aromatic rings. The molecule has 1 unspecified atom stereocenters. The van der Waals surface area contributed by atoms with Gasteiger partial charge in [-0.25, -0.2) is 4.79 Å². The third-order valence-corrected chi connectivity index (χ3v) is 3.86. The third kappa shape index (κ3) is 3.16. The van der Waals surface area contributed by atoms with Crippen molar-refractivity contribution in [2.24, 2.45) is 5.92 Å². The molecule has 1 atom stereocenters. The summed E-state index contributed by atoms with van der Waals surface area (Å²) in [4.78, 5) is 11.4. The Morgan fingerprint density at radius 2 is 1.90 bits per heavy atom. The number of aromatic carboxylic acids is 1. The number of rotatable bonds is 5. The molecule has 2 rings (SSSR count). The molecule has 0 spiro atoms. The van der Waals surface area contributed by atoms with Gasteiger partial charge < -0.3 is 14.9 Å². The van der Waals surface area contributed by atoms with Gasteiger partial charge in [0.15, 0.2) is 0 Å². The van der Waals surface area contributed by atoms with Crippen molar-refractivity contribution in [2.45, 2.75) is 26.4 Å². The number of hydrogen-bond donors (Lipinski definition) is 2. The SMILES string of the molecule is CC(C)C(C)(O)COc1c(C(=O)O)ccc2ccccc12. The molecular weight excluding hydrogens is 268 g/mol. The van der Waals surface area contributed by atoms with Gasteiger partial charge in [0.1, 0.15) is 17.9 Å². The first kappa shape index (κ1) is 15.3. The number of benzene rings is 2. The van der Waals surface area contributed by atoms with E-state index in [1.165, 1.54) is 6.07 Å². The topological polar surface area (TPSA) is 66.8 Å². The van der Waals surface area contributed by atoms with Crippen molar-refractivity contribution >= 4 is 16.7 Å². The zero-order valence-corrected chi connectivity index (χ0v) is 12.5. The van der Waals surface area contributed by atoms with Crippen LogP contribution in [0.5, 0.6) is 5.75 Å². The Morgan fingerprint density at radius 3 is 2.52 bits per heavy atom. The molecule has 2 N–H and O–H groups in total. The number of carbonyl (C=O) groups is 1. The van der Waals surface area contributed by atoms with E-state index in [0.717, 1.165) is 10.8 Å². The molecule has 112 valence electrons. The average molecular weight is 288 g/mol. The molecular formula is C17H20O4. The van der Waals surface area contributed by atoms with Crippen LogP contribution in [0, 0.1) is 5.92 Å². The first-order valence-corrected chi connectivity index (χ1v) is 6.93. The Hall–Kier alpha value is -2.07. The van der Waals surface area contributed by atoms with Crippen molar-refractivity contribution in [3.05, 3.63) is 42.0 Å². The predicted molar refractivity (Wildman–Crippen MR) is 81.9 cm³/mol. The Balaban J connectivity index is 2.45. The maximum absolute atomic E-state index is 11.4. The molecule has 0 aliphatic heterocycles. The van der Waals surface area contributed by atoms with Gasteiger partial charge >= 0.3 is 5.97 Å². The van der Waals surface area contributed by atoms with Crippen LogP contribution >= 0.6 is 0 Å². The monoisotopic (exact) mass is 288 g/mol. The summed E-state index contributed by atoms with van der Waals surface area (Å²) in [5, 5.41) is 21.2. The minimum absolute atomic E-state index is 0.000699. The molecule has 4 nitrogen and oxygen atoms in total. The lowest BCUT2D eigenvalue weighted by atomic mass is 9.93. The number of carboxylic acid groups (broad SMARTS) is 1. The summed E-state index contributed by atoms with van der Waals surface area (Å²) < 4.78 is 5.71. The fraction of sp³-hybridized carbons (Fsp3) is 0.353. The lowest BCUT2D eigenvalue weighted by Crippen LogP contribution is -2.38. The van der Waals surface area contributed by atoms with Crippen LogP contribution < -0.4 is 4.74 Å². The van der Waals surface area contributed by atoms with Crippen molar-refractivity contribution < 1.29 is 19.7 Å². The lowest BCUT2D eigenvalue weighted by molar-refractivity contribution is -0.0265. The van der Waals surface area contributed by atoms with Gasteiger partial charge in [-0.3, -0.25) is 0 Å². The van der Waals surface area contributed by atoms with Crippen molar-refractivity contribution in [1.82, 2.24) is 0 Å². The lowest BCUT2D eigenvalue weighted by Gasteiger charge is -2.28. The minimum atomic E-state index is -1.04. The molecule has 0 bridgehead atoms. The predicted octanol–water partition coefficient (Wildman–Crippen LogP) is 3.32. The summed E-state index contributed by atoms with van der Waals surface area (Å²) in [5.74, 6) is -0.734. The number of ether oxygens (including phenoxy) is 1. The second-order valence-corrected chi connectivity index (χ2v) is 5.77. The summed E-state index contributed by atoms with van der Waals surface area (Å²) in [6.45, 7) is 5.51. The van der Waals surface area contributed by atoms with Gasteiger partial charge in [0.05, 0.1) is 5.60 Å². The van der Waals surface area contributed by atoms with E-state index in [4.69, 9.17) is 4.74 Å². The van der Waals surface area contributed by atoms with E-state index in [-0.39, 0.29) is 18.1 Å². The van der Waals surface area contributed by atoms with Crippen LogP contribution in [0.1, 0.15) is 31.1 Å². The van der Waals surface area contributed by atoms with Crippen LogP contribution in [0.4, 0.5) is 0 Å². The molecule has 4 heteroatoms. The van der Waals surface area contributed by atoms with Crippen LogP contribution in [0.15, 0.2) is 36.4 Å². The van der Waals surface area contributed by atoms with E-state index >= 15 is 0 Å². The zero-order chi connectivity index (χ0) is 15.6. The first-order valence-electron chi connectivity index (χ1n) is 6.93. The molecule has 0 saturated carbocycles.